The molecule has 0 radical (unpaired) electrons. The van der Waals surface area contributed by atoms with Gasteiger partial charge in [-0.3, -0.25) is 4.98 Å². The Balaban J connectivity index is 1.83. The first-order chi connectivity index (χ1) is 8.31. The molecule has 2 aromatic heterocycles. The summed E-state index contributed by atoms with van der Waals surface area (Å²) in [5.74, 6) is -0.439. The van der Waals surface area contributed by atoms with Gasteiger partial charge in [0.2, 0.25) is 0 Å². The quantitative estimate of drug-likeness (QED) is 0.635. The van der Waals surface area contributed by atoms with Crippen molar-refractivity contribution in [3.63, 3.8) is 0 Å². The van der Waals surface area contributed by atoms with Crippen LogP contribution in [0.25, 0.3) is 11.1 Å². The zero-order chi connectivity index (χ0) is 11.7. The highest BCUT2D eigenvalue weighted by atomic mass is 16.4. The predicted octanol–water partition coefficient (Wildman–Crippen LogP) is 1.46. The molecule has 0 fully saturated rings. The van der Waals surface area contributed by atoms with Crippen LogP contribution in [0, 0.1) is 0 Å². The molecule has 0 atom stereocenters. The molecular weight excluding hydrogens is 220 g/mol. The van der Waals surface area contributed by atoms with Crippen molar-refractivity contribution < 1.29 is 4.42 Å². The molecule has 0 saturated heterocycles. The van der Waals surface area contributed by atoms with E-state index in [0.29, 0.717) is 17.6 Å². The average molecular weight is 230 g/mol. The Morgan fingerprint density at radius 2 is 2.35 bits per heavy atom. The lowest BCUT2D eigenvalue weighted by Crippen LogP contribution is -1.99. The van der Waals surface area contributed by atoms with Gasteiger partial charge in [0.15, 0.2) is 5.58 Å². The first-order valence-electron chi connectivity index (χ1n) is 5.15. The van der Waals surface area contributed by atoms with Gasteiger partial charge in [-0.05, 0) is 18.2 Å². The van der Waals surface area contributed by atoms with Gasteiger partial charge < -0.3 is 14.7 Å². The summed E-state index contributed by atoms with van der Waals surface area (Å²) in [5.41, 5.74) is 3.14. The zero-order valence-electron chi connectivity index (χ0n) is 8.86. The van der Waals surface area contributed by atoms with Crippen LogP contribution in [0.5, 0.6) is 0 Å². The molecule has 0 bridgehead atoms. The number of aromatic amines is 2. The number of hydrogen-bond donors (Lipinski definition) is 3. The van der Waals surface area contributed by atoms with Crippen molar-refractivity contribution in [3.05, 3.63) is 47.0 Å². The molecule has 0 aliphatic heterocycles. The molecule has 6 nitrogen and oxygen atoms in total. The number of nitrogens with one attached hydrogen (secondary N) is 3. The summed E-state index contributed by atoms with van der Waals surface area (Å²) < 4.78 is 4.92. The van der Waals surface area contributed by atoms with E-state index < -0.39 is 5.76 Å². The number of oxazole rings is 1. The van der Waals surface area contributed by atoms with Gasteiger partial charge in [0.1, 0.15) is 0 Å². The van der Waals surface area contributed by atoms with E-state index in [4.69, 9.17) is 4.42 Å². The third-order valence-electron chi connectivity index (χ3n) is 2.46. The lowest BCUT2D eigenvalue weighted by atomic mass is 10.3. The maximum atomic E-state index is 11.0. The van der Waals surface area contributed by atoms with E-state index in [9.17, 15) is 4.79 Å². The second kappa shape index (κ2) is 3.82. The van der Waals surface area contributed by atoms with E-state index >= 15 is 0 Å². The normalized spacial score (nSPS) is 10.8. The molecule has 0 unspecified atom stereocenters. The molecule has 0 amide bonds. The van der Waals surface area contributed by atoms with Crippen molar-refractivity contribution in [3.8, 4) is 0 Å². The van der Waals surface area contributed by atoms with Gasteiger partial charge in [-0.1, -0.05) is 0 Å². The monoisotopic (exact) mass is 230 g/mol. The number of anilines is 1. The second-order valence-electron chi connectivity index (χ2n) is 3.66. The number of nitrogens with zero attached hydrogens (tertiary/aromatic N) is 1. The van der Waals surface area contributed by atoms with Gasteiger partial charge in [-0.15, -0.1) is 0 Å². The number of H-pyrrole nitrogens is 2. The van der Waals surface area contributed by atoms with Gasteiger partial charge >= 0.3 is 5.76 Å². The van der Waals surface area contributed by atoms with Gasteiger partial charge in [0.25, 0.3) is 0 Å². The van der Waals surface area contributed by atoms with E-state index in [2.05, 4.69) is 20.3 Å². The summed E-state index contributed by atoms with van der Waals surface area (Å²) in [6.07, 6.45) is 3.39. The van der Waals surface area contributed by atoms with Crippen LogP contribution in [0.3, 0.4) is 0 Å². The molecule has 0 aliphatic carbocycles. The summed E-state index contributed by atoms with van der Waals surface area (Å²) in [6, 6.07) is 5.44. The van der Waals surface area contributed by atoms with Crippen LogP contribution in [-0.4, -0.2) is 15.0 Å². The van der Waals surface area contributed by atoms with Crippen molar-refractivity contribution >= 4 is 16.8 Å². The summed E-state index contributed by atoms with van der Waals surface area (Å²) in [5, 5.41) is 3.21. The summed E-state index contributed by atoms with van der Waals surface area (Å²) in [6.45, 7) is 0.646. The highest BCUT2D eigenvalue weighted by Gasteiger charge is 2.02. The number of rotatable bonds is 3. The third kappa shape index (κ3) is 1.92. The summed E-state index contributed by atoms with van der Waals surface area (Å²) >= 11 is 0. The molecule has 2 heterocycles. The highest BCUT2D eigenvalue weighted by molar-refractivity contribution is 5.76. The van der Waals surface area contributed by atoms with Crippen molar-refractivity contribution in [1.29, 1.82) is 0 Å². The van der Waals surface area contributed by atoms with Crippen LogP contribution in [0.1, 0.15) is 5.69 Å². The van der Waals surface area contributed by atoms with Crippen molar-refractivity contribution in [2.24, 2.45) is 0 Å². The van der Waals surface area contributed by atoms with Crippen molar-refractivity contribution in [2.45, 2.75) is 6.54 Å². The molecule has 0 aliphatic rings. The molecule has 0 saturated carbocycles. The number of benzene rings is 1. The minimum atomic E-state index is -0.439. The standard InChI is InChI=1S/C11H10N4O2/c16-11-15-9-3-7(1-2-10(9)17-11)13-5-8-4-12-6-14-8/h1-4,6,13H,5H2,(H,12,14)(H,15,16). The number of hydrogen-bond acceptors (Lipinski definition) is 4. The predicted molar refractivity (Wildman–Crippen MR) is 62.7 cm³/mol. The first kappa shape index (κ1) is 9.71. The van der Waals surface area contributed by atoms with Crippen molar-refractivity contribution in [2.75, 3.05) is 5.32 Å². The second-order valence-corrected chi connectivity index (χ2v) is 3.66. The maximum absolute atomic E-state index is 11.0. The van der Waals surface area contributed by atoms with Crippen LogP contribution in [0.15, 0.2) is 39.9 Å². The van der Waals surface area contributed by atoms with Crippen LogP contribution in [0.2, 0.25) is 0 Å². The molecule has 0 spiro atoms. The fourth-order valence-corrected chi connectivity index (χ4v) is 1.64. The molecule has 1 aromatic carbocycles. The van der Waals surface area contributed by atoms with Crippen molar-refractivity contribution in [1.82, 2.24) is 15.0 Å². The van der Waals surface area contributed by atoms with Crippen LogP contribution >= 0.6 is 0 Å². The Hall–Kier alpha value is -2.50. The molecule has 17 heavy (non-hydrogen) atoms. The lowest BCUT2D eigenvalue weighted by molar-refractivity contribution is 0.555. The Kier molecular flexibility index (Phi) is 2.18. The molecule has 3 N–H and O–H groups in total. The Bertz CT molecular complexity index is 681. The van der Waals surface area contributed by atoms with E-state index in [0.717, 1.165) is 11.4 Å². The number of fused-ring (bicyclic) bond motifs is 1. The molecule has 3 aromatic rings. The molecule has 86 valence electrons. The summed E-state index contributed by atoms with van der Waals surface area (Å²) in [7, 11) is 0. The minimum absolute atomic E-state index is 0.439. The Morgan fingerprint density at radius 1 is 1.41 bits per heavy atom. The fourth-order valence-electron chi connectivity index (χ4n) is 1.64. The SMILES string of the molecule is O=c1[nH]c2cc(NCc3cnc[nH]3)ccc2o1. The van der Waals surface area contributed by atoms with E-state index in [1.165, 1.54) is 0 Å². The maximum Gasteiger partial charge on any atom is 0.417 e. The van der Waals surface area contributed by atoms with E-state index in [1.807, 2.05) is 12.1 Å². The first-order valence-corrected chi connectivity index (χ1v) is 5.15. The Labute approximate surface area is 95.7 Å². The van der Waals surface area contributed by atoms with Gasteiger partial charge in [0.05, 0.1) is 24.1 Å². The van der Waals surface area contributed by atoms with Crippen LogP contribution in [0.4, 0.5) is 5.69 Å². The minimum Gasteiger partial charge on any atom is -0.408 e. The average Bonchev–Trinajstić information content (AvgIpc) is 2.92. The summed E-state index contributed by atoms with van der Waals surface area (Å²) in [4.78, 5) is 20.5. The number of aromatic nitrogens is 3. The highest BCUT2D eigenvalue weighted by Crippen LogP contribution is 2.16. The molecule has 6 heteroatoms. The molecule has 3 rings (SSSR count). The topological polar surface area (TPSA) is 86.7 Å². The third-order valence-corrected chi connectivity index (χ3v) is 2.46. The van der Waals surface area contributed by atoms with Gasteiger partial charge in [-0.25, -0.2) is 9.78 Å². The van der Waals surface area contributed by atoms with E-state index in [-0.39, 0.29) is 0 Å². The smallest absolute Gasteiger partial charge is 0.408 e. The fraction of sp³-hybridized carbons (Fsp3) is 0.0909. The zero-order valence-corrected chi connectivity index (χ0v) is 8.86. The van der Waals surface area contributed by atoms with Gasteiger partial charge in [-0.2, -0.15) is 0 Å². The Morgan fingerprint density at radius 3 is 3.18 bits per heavy atom. The van der Waals surface area contributed by atoms with Gasteiger partial charge in [0, 0.05) is 11.9 Å². The van der Waals surface area contributed by atoms with Crippen LogP contribution < -0.4 is 11.1 Å². The largest absolute Gasteiger partial charge is 0.417 e. The lowest BCUT2D eigenvalue weighted by Gasteiger charge is -2.03. The van der Waals surface area contributed by atoms with E-state index in [1.54, 1.807) is 18.6 Å². The number of imidazole rings is 1. The van der Waals surface area contributed by atoms with Crippen LogP contribution in [-0.2, 0) is 6.54 Å². The molecular formula is C11H10N4O2.